The van der Waals surface area contributed by atoms with Gasteiger partial charge in [-0.3, -0.25) is 9.78 Å². The van der Waals surface area contributed by atoms with E-state index in [2.05, 4.69) is 9.97 Å². The van der Waals surface area contributed by atoms with Crippen molar-refractivity contribution in [3.8, 4) is 17.3 Å². The van der Waals surface area contributed by atoms with E-state index in [1.165, 1.54) is 0 Å². The van der Waals surface area contributed by atoms with Gasteiger partial charge in [-0.2, -0.15) is 5.26 Å². The Labute approximate surface area is 127 Å². The fourth-order valence-corrected chi connectivity index (χ4v) is 2.43. The summed E-state index contributed by atoms with van der Waals surface area (Å²) in [5.41, 5.74) is 9.29. The number of fused-ring (bicyclic) bond motifs is 1. The van der Waals surface area contributed by atoms with Crippen molar-refractivity contribution in [3.63, 3.8) is 0 Å². The van der Waals surface area contributed by atoms with Gasteiger partial charge in [0.1, 0.15) is 11.8 Å². The third-order valence-corrected chi connectivity index (χ3v) is 3.55. The van der Waals surface area contributed by atoms with E-state index in [0.717, 1.165) is 22.0 Å². The zero-order chi connectivity index (χ0) is 15.7. The Bertz CT molecular complexity index is 941. The normalized spacial score (nSPS) is 10.4. The van der Waals surface area contributed by atoms with Crippen LogP contribution in [-0.4, -0.2) is 15.9 Å². The number of carbonyl (C=O) groups excluding carboxylic acids is 1. The van der Waals surface area contributed by atoms with Crippen LogP contribution in [-0.2, 0) is 0 Å². The van der Waals surface area contributed by atoms with Crippen molar-refractivity contribution >= 4 is 16.8 Å². The summed E-state index contributed by atoms with van der Waals surface area (Å²) in [7, 11) is 0. The smallest absolute Gasteiger partial charge is 0.249 e. The summed E-state index contributed by atoms with van der Waals surface area (Å²) in [6, 6.07) is 12.8. The van der Waals surface area contributed by atoms with Gasteiger partial charge in [0.2, 0.25) is 5.91 Å². The average molecular weight is 288 g/mol. The van der Waals surface area contributed by atoms with Crippen LogP contribution in [0.15, 0.2) is 42.6 Å². The Morgan fingerprint density at radius 3 is 2.77 bits per heavy atom. The van der Waals surface area contributed by atoms with E-state index in [1.54, 1.807) is 18.3 Å². The van der Waals surface area contributed by atoms with Gasteiger partial charge in [-0.1, -0.05) is 6.07 Å². The van der Waals surface area contributed by atoms with Gasteiger partial charge in [-0.05, 0) is 42.8 Å². The maximum absolute atomic E-state index is 11.4. The van der Waals surface area contributed by atoms with Gasteiger partial charge in [0, 0.05) is 22.7 Å². The lowest BCUT2D eigenvalue weighted by Crippen LogP contribution is -2.13. The number of rotatable bonds is 2. The molecule has 3 aromatic rings. The molecule has 0 spiro atoms. The van der Waals surface area contributed by atoms with Crippen molar-refractivity contribution in [1.82, 2.24) is 9.97 Å². The number of benzene rings is 1. The van der Waals surface area contributed by atoms with Crippen molar-refractivity contribution < 1.29 is 4.79 Å². The summed E-state index contributed by atoms with van der Waals surface area (Å²) < 4.78 is 0. The molecule has 3 rings (SSSR count). The molecule has 0 bridgehead atoms. The fraction of sp³-hybridized carbons (Fsp3) is 0.0588. The SMILES string of the molecule is Cc1c(C(N)=O)ccnc1-c1ccc2nc(C#N)ccc2c1. The minimum Gasteiger partial charge on any atom is -0.366 e. The molecule has 0 radical (unpaired) electrons. The maximum atomic E-state index is 11.4. The summed E-state index contributed by atoms with van der Waals surface area (Å²) in [6.07, 6.45) is 1.57. The molecule has 1 aromatic carbocycles. The molecule has 0 aliphatic carbocycles. The predicted octanol–water partition coefficient (Wildman–Crippen LogP) is 2.58. The van der Waals surface area contributed by atoms with Gasteiger partial charge in [0.15, 0.2) is 0 Å². The summed E-state index contributed by atoms with van der Waals surface area (Å²) in [5, 5.41) is 9.79. The van der Waals surface area contributed by atoms with Gasteiger partial charge in [-0.15, -0.1) is 0 Å². The van der Waals surface area contributed by atoms with E-state index in [1.807, 2.05) is 37.3 Å². The molecule has 2 aromatic heterocycles. The number of nitriles is 1. The molecular weight excluding hydrogens is 276 g/mol. The van der Waals surface area contributed by atoms with E-state index in [4.69, 9.17) is 11.0 Å². The van der Waals surface area contributed by atoms with E-state index in [-0.39, 0.29) is 0 Å². The van der Waals surface area contributed by atoms with Crippen LogP contribution in [0.3, 0.4) is 0 Å². The molecule has 0 saturated heterocycles. The maximum Gasteiger partial charge on any atom is 0.249 e. The van der Waals surface area contributed by atoms with Crippen LogP contribution in [0.5, 0.6) is 0 Å². The lowest BCUT2D eigenvalue weighted by molar-refractivity contribution is 0.0999. The van der Waals surface area contributed by atoms with Gasteiger partial charge >= 0.3 is 0 Å². The highest BCUT2D eigenvalue weighted by molar-refractivity contribution is 5.96. The molecule has 0 unspecified atom stereocenters. The molecule has 0 saturated carbocycles. The first-order valence-corrected chi connectivity index (χ1v) is 6.67. The number of nitrogens with two attached hydrogens (primary N) is 1. The Balaban J connectivity index is 2.17. The minimum atomic E-state index is -0.470. The molecule has 1 amide bonds. The van der Waals surface area contributed by atoms with Gasteiger partial charge in [0.05, 0.1) is 11.2 Å². The summed E-state index contributed by atoms with van der Waals surface area (Å²) >= 11 is 0. The highest BCUT2D eigenvalue weighted by Crippen LogP contribution is 2.26. The predicted molar refractivity (Wildman–Crippen MR) is 82.9 cm³/mol. The number of hydrogen-bond donors (Lipinski definition) is 1. The van der Waals surface area contributed by atoms with Crippen LogP contribution < -0.4 is 5.73 Å². The zero-order valence-corrected chi connectivity index (χ0v) is 11.9. The monoisotopic (exact) mass is 288 g/mol. The summed E-state index contributed by atoms with van der Waals surface area (Å²) in [6.45, 7) is 1.82. The molecule has 0 aliphatic rings. The number of hydrogen-bond acceptors (Lipinski definition) is 4. The number of pyridine rings is 2. The van der Waals surface area contributed by atoms with Crippen molar-refractivity contribution in [3.05, 3.63) is 59.4 Å². The molecule has 2 heterocycles. The molecule has 0 fully saturated rings. The van der Waals surface area contributed by atoms with Crippen molar-refractivity contribution in [2.24, 2.45) is 5.73 Å². The second-order valence-corrected chi connectivity index (χ2v) is 4.91. The topological polar surface area (TPSA) is 92.7 Å². The first-order chi connectivity index (χ1) is 10.6. The average Bonchev–Trinajstić information content (AvgIpc) is 2.53. The molecule has 2 N–H and O–H groups in total. The Kier molecular flexibility index (Phi) is 3.28. The van der Waals surface area contributed by atoms with Crippen LogP contribution in [0.4, 0.5) is 0 Å². The molecule has 5 nitrogen and oxygen atoms in total. The molecule has 22 heavy (non-hydrogen) atoms. The Morgan fingerprint density at radius 1 is 1.23 bits per heavy atom. The Hall–Kier alpha value is -3.26. The number of carbonyl (C=O) groups is 1. The van der Waals surface area contributed by atoms with Crippen LogP contribution in [0.1, 0.15) is 21.6 Å². The molecule has 0 aliphatic heterocycles. The van der Waals surface area contributed by atoms with Crippen molar-refractivity contribution in [1.29, 1.82) is 5.26 Å². The fourth-order valence-electron chi connectivity index (χ4n) is 2.43. The third-order valence-electron chi connectivity index (χ3n) is 3.55. The summed E-state index contributed by atoms with van der Waals surface area (Å²) in [5.74, 6) is -0.470. The first-order valence-electron chi connectivity index (χ1n) is 6.67. The van der Waals surface area contributed by atoms with Gasteiger partial charge < -0.3 is 5.73 Å². The van der Waals surface area contributed by atoms with Gasteiger partial charge in [0.25, 0.3) is 0 Å². The van der Waals surface area contributed by atoms with Crippen molar-refractivity contribution in [2.45, 2.75) is 6.92 Å². The lowest BCUT2D eigenvalue weighted by Gasteiger charge is -2.09. The second kappa shape index (κ2) is 5.26. The highest BCUT2D eigenvalue weighted by atomic mass is 16.1. The third kappa shape index (κ3) is 2.27. The number of aromatic nitrogens is 2. The van der Waals surface area contributed by atoms with E-state index >= 15 is 0 Å². The van der Waals surface area contributed by atoms with Crippen LogP contribution >= 0.6 is 0 Å². The second-order valence-electron chi connectivity index (χ2n) is 4.91. The molecular formula is C17H12N4O. The van der Waals surface area contributed by atoms with E-state index in [9.17, 15) is 4.79 Å². The zero-order valence-electron chi connectivity index (χ0n) is 11.9. The van der Waals surface area contributed by atoms with Gasteiger partial charge in [-0.25, -0.2) is 4.98 Å². The van der Waals surface area contributed by atoms with E-state index in [0.29, 0.717) is 17.0 Å². The van der Waals surface area contributed by atoms with Crippen LogP contribution in [0.2, 0.25) is 0 Å². The van der Waals surface area contributed by atoms with E-state index < -0.39 is 5.91 Å². The molecule has 5 heteroatoms. The number of amides is 1. The highest BCUT2D eigenvalue weighted by Gasteiger charge is 2.12. The lowest BCUT2D eigenvalue weighted by atomic mass is 10.0. The number of primary amides is 1. The molecule has 0 atom stereocenters. The van der Waals surface area contributed by atoms with Crippen molar-refractivity contribution in [2.75, 3.05) is 0 Å². The quantitative estimate of drug-likeness (QED) is 0.784. The molecule has 106 valence electrons. The number of nitrogens with zero attached hydrogens (tertiary/aromatic N) is 3. The van der Waals surface area contributed by atoms with Crippen LogP contribution in [0, 0.1) is 18.3 Å². The Morgan fingerprint density at radius 2 is 2.05 bits per heavy atom. The van der Waals surface area contributed by atoms with Crippen LogP contribution in [0.25, 0.3) is 22.2 Å². The largest absolute Gasteiger partial charge is 0.366 e. The minimum absolute atomic E-state index is 0.380. The first kappa shape index (κ1) is 13.7. The standard InChI is InChI=1S/C17H12N4O/c1-10-14(17(19)22)6-7-20-16(10)12-3-5-15-11(8-12)2-4-13(9-18)21-15/h2-8H,1H3,(H2,19,22). The summed E-state index contributed by atoms with van der Waals surface area (Å²) in [4.78, 5) is 20.0.